The maximum absolute atomic E-state index is 13.9. The predicted octanol–water partition coefficient (Wildman–Crippen LogP) is 4.90. The Kier molecular flexibility index (Phi) is 2.78. The molecule has 2 atom stereocenters. The van der Waals surface area contributed by atoms with Crippen LogP contribution in [0, 0.1) is 18.2 Å². The molecule has 2 aliphatic rings. The molecule has 2 bridgehead atoms. The lowest BCUT2D eigenvalue weighted by atomic mass is 9.70. The van der Waals surface area contributed by atoms with Gasteiger partial charge in [-0.1, -0.05) is 20.8 Å². The number of hydrogen-bond donors (Lipinski definition) is 1. The van der Waals surface area contributed by atoms with Crippen LogP contribution in [-0.4, -0.2) is 24.6 Å². The highest BCUT2D eigenvalue weighted by atomic mass is 19.1. The summed E-state index contributed by atoms with van der Waals surface area (Å²) in [7, 11) is 0. The summed E-state index contributed by atoms with van der Waals surface area (Å²) in [5, 5.41) is 9.89. The molecule has 6 heteroatoms. The summed E-state index contributed by atoms with van der Waals surface area (Å²) in [5.74, 6) is 0.811. The zero-order valence-electron chi connectivity index (χ0n) is 16.5. The molecule has 1 saturated carbocycles. The van der Waals surface area contributed by atoms with E-state index in [0.717, 1.165) is 40.0 Å². The minimum Gasteiger partial charge on any atom is -0.358 e. The fraction of sp³-hybridized carbons (Fsp3) is 0.409. The summed E-state index contributed by atoms with van der Waals surface area (Å²) >= 11 is 0. The molecular weight excluding hydrogens is 353 g/mol. The van der Waals surface area contributed by atoms with Gasteiger partial charge >= 0.3 is 0 Å². The lowest BCUT2D eigenvalue weighted by Gasteiger charge is -2.34. The molecule has 142 valence electrons. The van der Waals surface area contributed by atoms with E-state index < -0.39 is 0 Å². The van der Waals surface area contributed by atoms with Crippen molar-refractivity contribution in [3.8, 4) is 11.3 Å². The number of nitrogens with zero attached hydrogens (tertiary/aromatic N) is 4. The van der Waals surface area contributed by atoms with Crippen LogP contribution in [0.4, 0.5) is 4.39 Å². The Hall–Kier alpha value is -2.76. The molecule has 0 spiro atoms. The highest BCUT2D eigenvalue weighted by Gasteiger charge is 2.61. The van der Waals surface area contributed by atoms with Crippen LogP contribution in [0.2, 0.25) is 0 Å². The quantitative estimate of drug-likeness (QED) is 0.515. The average molecular weight is 375 g/mol. The number of aryl methyl sites for hydroxylation is 1. The molecular formula is C22H22FN5. The third-order valence-electron chi connectivity index (χ3n) is 7.70. The number of fused-ring (bicyclic) bond motifs is 8. The maximum atomic E-state index is 13.9. The zero-order valence-corrected chi connectivity index (χ0v) is 16.5. The first kappa shape index (κ1) is 16.2. The number of halogens is 1. The van der Waals surface area contributed by atoms with E-state index >= 15 is 0 Å². The van der Waals surface area contributed by atoms with Crippen LogP contribution in [0.1, 0.15) is 56.6 Å². The molecule has 6 rings (SSSR count). The van der Waals surface area contributed by atoms with Crippen molar-refractivity contribution in [2.75, 3.05) is 0 Å². The minimum atomic E-state index is -0.247. The van der Waals surface area contributed by atoms with E-state index in [-0.39, 0.29) is 16.6 Å². The van der Waals surface area contributed by atoms with Crippen LogP contribution in [0.25, 0.3) is 27.9 Å². The van der Waals surface area contributed by atoms with Crippen molar-refractivity contribution in [1.29, 1.82) is 0 Å². The fourth-order valence-electron chi connectivity index (χ4n) is 5.81. The van der Waals surface area contributed by atoms with Crippen LogP contribution >= 0.6 is 0 Å². The van der Waals surface area contributed by atoms with E-state index in [1.807, 2.05) is 6.92 Å². The summed E-state index contributed by atoms with van der Waals surface area (Å²) in [6.45, 7) is 9.05. The molecule has 28 heavy (non-hydrogen) atoms. The summed E-state index contributed by atoms with van der Waals surface area (Å²) in [6.07, 6.45) is 4.38. The Morgan fingerprint density at radius 3 is 2.86 bits per heavy atom. The van der Waals surface area contributed by atoms with Gasteiger partial charge in [-0.15, -0.1) is 10.2 Å². The highest BCUT2D eigenvalue weighted by molar-refractivity contribution is 5.96. The van der Waals surface area contributed by atoms with Crippen molar-refractivity contribution in [2.45, 2.75) is 51.9 Å². The van der Waals surface area contributed by atoms with Crippen molar-refractivity contribution in [2.24, 2.45) is 5.41 Å². The number of imidazole rings is 1. The smallest absolute Gasteiger partial charge is 0.254 e. The van der Waals surface area contributed by atoms with Crippen molar-refractivity contribution in [1.82, 2.24) is 24.6 Å². The summed E-state index contributed by atoms with van der Waals surface area (Å²) in [4.78, 5) is 8.13. The monoisotopic (exact) mass is 375 g/mol. The van der Waals surface area contributed by atoms with Gasteiger partial charge in [0, 0.05) is 39.7 Å². The molecule has 2 unspecified atom stereocenters. The van der Waals surface area contributed by atoms with Crippen LogP contribution < -0.4 is 0 Å². The van der Waals surface area contributed by atoms with Crippen LogP contribution in [0.15, 0.2) is 24.4 Å². The Labute approximate surface area is 162 Å². The first-order chi connectivity index (χ1) is 13.3. The standard InChI is InChI=1S/C22H22FN5/c1-11-17(13-9-12(23)5-6-15(13)24-11)16-10-28-19-18(26-27-20(28)25-16)14-7-8-22(19,4)21(14,2)3/h5-6,9-10,14,24H,7-8H2,1-4H3. The van der Waals surface area contributed by atoms with Crippen LogP contribution in [0.5, 0.6) is 0 Å². The number of nitrogens with one attached hydrogen (secondary N) is 1. The molecule has 1 fully saturated rings. The van der Waals surface area contributed by atoms with Crippen molar-refractivity contribution in [3.63, 3.8) is 0 Å². The lowest BCUT2D eigenvalue weighted by Crippen LogP contribution is -2.32. The SMILES string of the molecule is Cc1[nH]c2ccc(F)cc2c1-c1cn2c3c(nnc2n1)C1CCC3(C)C1(C)C. The summed E-state index contributed by atoms with van der Waals surface area (Å²) in [5.41, 5.74) is 6.21. The van der Waals surface area contributed by atoms with Gasteiger partial charge in [0.25, 0.3) is 5.78 Å². The van der Waals surface area contributed by atoms with Crippen molar-refractivity contribution < 1.29 is 4.39 Å². The van der Waals surface area contributed by atoms with Gasteiger partial charge in [0.05, 0.1) is 17.1 Å². The molecule has 3 aromatic heterocycles. The first-order valence-corrected chi connectivity index (χ1v) is 9.85. The van der Waals surface area contributed by atoms with E-state index in [2.05, 4.69) is 46.6 Å². The van der Waals surface area contributed by atoms with Gasteiger partial charge in [-0.3, -0.25) is 4.40 Å². The van der Waals surface area contributed by atoms with E-state index in [1.165, 1.54) is 18.2 Å². The Balaban J connectivity index is 1.64. The molecule has 2 aliphatic carbocycles. The molecule has 5 nitrogen and oxygen atoms in total. The minimum absolute atomic E-state index is 0.0561. The second kappa shape index (κ2) is 4.80. The van der Waals surface area contributed by atoms with Gasteiger partial charge in [0.2, 0.25) is 0 Å². The lowest BCUT2D eigenvalue weighted by molar-refractivity contribution is 0.225. The predicted molar refractivity (Wildman–Crippen MR) is 106 cm³/mol. The number of benzene rings is 1. The third-order valence-corrected chi connectivity index (χ3v) is 7.70. The van der Waals surface area contributed by atoms with Crippen molar-refractivity contribution in [3.05, 3.63) is 47.3 Å². The molecule has 0 saturated heterocycles. The molecule has 0 radical (unpaired) electrons. The molecule has 0 aliphatic heterocycles. The number of rotatable bonds is 1. The van der Waals surface area contributed by atoms with E-state index in [0.29, 0.717) is 11.7 Å². The van der Waals surface area contributed by atoms with Crippen LogP contribution in [-0.2, 0) is 5.41 Å². The van der Waals surface area contributed by atoms with Gasteiger partial charge in [0.1, 0.15) is 5.82 Å². The van der Waals surface area contributed by atoms with E-state index in [4.69, 9.17) is 4.98 Å². The largest absolute Gasteiger partial charge is 0.358 e. The van der Waals surface area contributed by atoms with Gasteiger partial charge in [-0.05, 0) is 43.4 Å². The van der Waals surface area contributed by atoms with Gasteiger partial charge in [-0.25, -0.2) is 9.37 Å². The van der Waals surface area contributed by atoms with Crippen molar-refractivity contribution >= 4 is 16.7 Å². The molecule has 3 heterocycles. The van der Waals surface area contributed by atoms with E-state index in [9.17, 15) is 4.39 Å². The highest BCUT2D eigenvalue weighted by Crippen LogP contribution is 2.66. The second-order valence-electron chi connectivity index (χ2n) is 9.19. The Morgan fingerprint density at radius 1 is 1.21 bits per heavy atom. The van der Waals surface area contributed by atoms with Gasteiger partial charge in [-0.2, -0.15) is 0 Å². The second-order valence-corrected chi connectivity index (χ2v) is 9.19. The number of aromatic amines is 1. The molecule has 4 aromatic rings. The average Bonchev–Trinajstić information content (AvgIpc) is 3.30. The Bertz CT molecular complexity index is 1300. The first-order valence-electron chi connectivity index (χ1n) is 9.85. The molecule has 1 aromatic carbocycles. The van der Waals surface area contributed by atoms with E-state index in [1.54, 1.807) is 12.1 Å². The van der Waals surface area contributed by atoms with Crippen LogP contribution in [0.3, 0.4) is 0 Å². The topological polar surface area (TPSA) is 58.9 Å². The summed E-state index contributed by atoms with van der Waals surface area (Å²) < 4.78 is 16.0. The summed E-state index contributed by atoms with van der Waals surface area (Å²) in [6, 6.07) is 4.82. The number of H-pyrrole nitrogens is 1. The Morgan fingerprint density at radius 2 is 2.04 bits per heavy atom. The molecule has 0 amide bonds. The normalized spacial score (nSPS) is 25.1. The maximum Gasteiger partial charge on any atom is 0.254 e. The zero-order chi connectivity index (χ0) is 19.4. The van der Waals surface area contributed by atoms with Gasteiger partial charge in [0.15, 0.2) is 0 Å². The third kappa shape index (κ3) is 1.70. The fourth-order valence-corrected chi connectivity index (χ4v) is 5.81. The molecule has 1 N–H and O–H groups in total. The number of aromatic nitrogens is 5. The number of hydrogen-bond acceptors (Lipinski definition) is 3. The van der Waals surface area contributed by atoms with Gasteiger partial charge < -0.3 is 4.98 Å².